The second-order valence-corrected chi connectivity index (χ2v) is 5.28. The van der Waals surface area contributed by atoms with Crippen LogP contribution in [-0.2, 0) is 0 Å². The molecule has 23 heavy (non-hydrogen) atoms. The second kappa shape index (κ2) is 6.58. The third-order valence-corrected chi connectivity index (χ3v) is 3.95. The van der Waals surface area contributed by atoms with E-state index >= 15 is 0 Å². The standard InChI is InChI=1S/C17H14N2O3S/c1-21-13-7-3-11(4-8-13)15-17(20)16(19-23-18-15)12-5-9-14(22-2)10-6-12/h3-10H,1-2H3. The summed E-state index contributed by atoms with van der Waals surface area (Å²) in [6.07, 6.45) is 0. The van der Waals surface area contributed by atoms with E-state index in [1.807, 2.05) is 24.3 Å². The Hall–Kier alpha value is -2.73. The average Bonchev–Trinajstić information content (AvgIpc) is 2.62. The number of rotatable bonds is 4. The molecule has 0 saturated carbocycles. The lowest BCUT2D eigenvalue weighted by atomic mass is 10.1. The molecule has 0 aliphatic heterocycles. The Balaban J connectivity index is 2.05. The minimum Gasteiger partial charge on any atom is -0.497 e. The van der Waals surface area contributed by atoms with Gasteiger partial charge < -0.3 is 9.47 Å². The van der Waals surface area contributed by atoms with Gasteiger partial charge in [0.25, 0.3) is 0 Å². The first-order valence-electron chi connectivity index (χ1n) is 6.88. The first kappa shape index (κ1) is 15.2. The van der Waals surface area contributed by atoms with Gasteiger partial charge in [-0.25, -0.2) is 0 Å². The molecule has 0 fully saturated rings. The molecule has 2 aromatic carbocycles. The summed E-state index contributed by atoms with van der Waals surface area (Å²) in [5, 5.41) is 0. The zero-order valence-electron chi connectivity index (χ0n) is 12.6. The van der Waals surface area contributed by atoms with E-state index in [1.165, 1.54) is 0 Å². The highest BCUT2D eigenvalue weighted by molar-refractivity contribution is 6.99. The van der Waals surface area contributed by atoms with Crippen molar-refractivity contribution in [2.75, 3.05) is 14.2 Å². The number of methoxy groups -OCH3 is 2. The van der Waals surface area contributed by atoms with Crippen LogP contribution in [0.5, 0.6) is 11.5 Å². The number of ether oxygens (including phenoxy) is 2. The number of aromatic nitrogens is 2. The van der Waals surface area contributed by atoms with Gasteiger partial charge in [-0.05, 0) is 48.5 Å². The van der Waals surface area contributed by atoms with Gasteiger partial charge in [-0.2, -0.15) is 8.75 Å². The normalized spacial score (nSPS) is 10.3. The summed E-state index contributed by atoms with van der Waals surface area (Å²) >= 11 is 1.02. The molecule has 0 aliphatic carbocycles. The monoisotopic (exact) mass is 326 g/mol. The van der Waals surface area contributed by atoms with E-state index in [4.69, 9.17) is 9.47 Å². The van der Waals surface area contributed by atoms with Crippen molar-refractivity contribution in [3.05, 3.63) is 58.8 Å². The van der Waals surface area contributed by atoms with Crippen LogP contribution in [0.2, 0.25) is 0 Å². The van der Waals surface area contributed by atoms with E-state index in [9.17, 15) is 4.79 Å². The van der Waals surface area contributed by atoms with Crippen molar-refractivity contribution in [1.82, 2.24) is 8.75 Å². The number of hydrogen-bond donors (Lipinski definition) is 0. The fraction of sp³-hybridized carbons (Fsp3) is 0.118. The third-order valence-electron chi connectivity index (χ3n) is 3.42. The van der Waals surface area contributed by atoms with Crippen LogP contribution in [0.15, 0.2) is 53.3 Å². The predicted molar refractivity (Wildman–Crippen MR) is 90.2 cm³/mol. The second-order valence-electron chi connectivity index (χ2n) is 4.75. The maximum absolute atomic E-state index is 12.7. The van der Waals surface area contributed by atoms with Crippen molar-refractivity contribution in [3.8, 4) is 34.0 Å². The predicted octanol–water partition coefficient (Wildman–Crippen LogP) is 3.25. The van der Waals surface area contributed by atoms with Crippen molar-refractivity contribution in [1.29, 1.82) is 0 Å². The quantitative estimate of drug-likeness (QED) is 0.736. The van der Waals surface area contributed by atoms with Crippen molar-refractivity contribution >= 4 is 11.7 Å². The number of nitrogens with zero attached hydrogens (tertiary/aromatic N) is 2. The van der Waals surface area contributed by atoms with Crippen molar-refractivity contribution in [2.45, 2.75) is 0 Å². The van der Waals surface area contributed by atoms with Gasteiger partial charge in [0.1, 0.15) is 22.9 Å². The lowest BCUT2D eigenvalue weighted by molar-refractivity contribution is 0.415. The van der Waals surface area contributed by atoms with Gasteiger partial charge >= 0.3 is 0 Å². The molecule has 5 nitrogen and oxygen atoms in total. The molecule has 0 radical (unpaired) electrons. The van der Waals surface area contributed by atoms with Crippen LogP contribution in [0.25, 0.3) is 22.5 Å². The Kier molecular flexibility index (Phi) is 4.34. The van der Waals surface area contributed by atoms with Gasteiger partial charge in [0.2, 0.25) is 5.43 Å². The fourth-order valence-corrected chi connectivity index (χ4v) is 2.74. The molecule has 0 bridgehead atoms. The first-order chi connectivity index (χ1) is 11.2. The fourth-order valence-electron chi connectivity index (χ4n) is 2.16. The van der Waals surface area contributed by atoms with Crippen molar-refractivity contribution in [2.24, 2.45) is 0 Å². The molecule has 0 aliphatic rings. The van der Waals surface area contributed by atoms with E-state index in [0.717, 1.165) is 34.4 Å². The van der Waals surface area contributed by atoms with Crippen LogP contribution in [0, 0.1) is 0 Å². The van der Waals surface area contributed by atoms with E-state index in [0.29, 0.717) is 11.4 Å². The summed E-state index contributed by atoms with van der Waals surface area (Å²) in [5.74, 6) is 1.46. The largest absolute Gasteiger partial charge is 0.497 e. The van der Waals surface area contributed by atoms with Crippen LogP contribution in [0.1, 0.15) is 0 Å². The van der Waals surface area contributed by atoms with E-state index < -0.39 is 0 Å². The molecule has 1 heterocycles. The lowest BCUT2D eigenvalue weighted by Crippen LogP contribution is -2.10. The molecule has 0 saturated heterocycles. The highest BCUT2D eigenvalue weighted by Crippen LogP contribution is 2.22. The SMILES string of the molecule is COc1ccc(-c2nsnc(-c3ccc(OC)cc3)c2=O)cc1. The van der Waals surface area contributed by atoms with Crippen LogP contribution in [-0.4, -0.2) is 23.0 Å². The maximum Gasteiger partial charge on any atom is 0.233 e. The Labute approximate surface area is 137 Å². The van der Waals surface area contributed by atoms with Gasteiger partial charge in [0.15, 0.2) is 0 Å². The highest BCUT2D eigenvalue weighted by atomic mass is 32.1. The molecule has 0 atom stereocenters. The zero-order chi connectivity index (χ0) is 16.2. The topological polar surface area (TPSA) is 61.3 Å². The number of hydrogen-bond acceptors (Lipinski definition) is 6. The van der Waals surface area contributed by atoms with Gasteiger partial charge in [-0.1, -0.05) is 0 Å². The van der Waals surface area contributed by atoms with Gasteiger partial charge in [0.05, 0.1) is 25.9 Å². The van der Waals surface area contributed by atoms with Crippen molar-refractivity contribution < 1.29 is 9.47 Å². The summed E-state index contributed by atoms with van der Waals surface area (Å²) in [5.41, 5.74) is 2.06. The third kappa shape index (κ3) is 3.07. The summed E-state index contributed by atoms with van der Waals surface area (Å²) < 4.78 is 18.6. The zero-order valence-corrected chi connectivity index (χ0v) is 13.5. The van der Waals surface area contributed by atoms with Crippen LogP contribution < -0.4 is 14.9 Å². The first-order valence-corrected chi connectivity index (χ1v) is 7.61. The Morgan fingerprint density at radius 1 is 0.739 bits per heavy atom. The molecule has 3 aromatic rings. The van der Waals surface area contributed by atoms with Gasteiger partial charge in [-0.3, -0.25) is 4.79 Å². The van der Waals surface area contributed by atoms with E-state index in [1.54, 1.807) is 38.5 Å². The highest BCUT2D eigenvalue weighted by Gasteiger charge is 2.13. The Bertz CT molecular complexity index is 790. The van der Waals surface area contributed by atoms with E-state index in [2.05, 4.69) is 8.75 Å². The van der Waals surface area contributed by atoms with Gasteiger partial charge in [0, 0.05) is 11.1 Å². The molecule has 1 aromatic heterocycles. The summed E-state index contributed by atoms with van der Waals surface area (Å²) in [4.78, 5) is 12.7. The molecular formula is C17H14N2O3S. The summed E-state index contributed by atoms with van der Waals surface area (Å²) in [6.45, 7) is 0. The summed E-state index contributed by atoms with van der Waals surface area (Å²) in [7, 11) is 3.20. The molecule has 116 valence electrons. The summed E-state index contributed by atoms with van der Waals surface area (Å²) in [6, 6.07) is 14.5. The Morgan fingerprint density at radius 2 is 1.13 bits per heavy atom. The van der Waals surface area contributed by atoms with Crippen molar-refractivity contribution in [3.63, 3.8) is 0 Å². The molecule has 0 amide bonds. The maximum atomic E-state index is 12.7. The number of benzene rings is 2. The lowest BCUT2D eigenvalue weighted by Gasteiger charge is -2.05. The average molecular weight is 326 g/mol. The minimum absolute atomic E-state index is 0.195. The Morgan fingerprint density at radius 3 is 1.48 bits per heavy atom. The molecular weight excluding hydrogens is 312 g/mol. The smallest absolute Gasteiger partial charge is 0.233 e. The van der Waals surface area contributed by atoms with E-state index in [-0.39, 0.29) is 5.43 Å². The van der Waals surface area contributed by atoms with Gasteiger partial charge in [-0.15, -0.1) is 0 Å². The molecule has 0 N–H and O–H groups in total. The van der Waals surface area contributed by atoms with Crippen LogP contribution >= 0.6 is 11.7 Å². The molecule has 0 spiro atoms. The molecule has 6 heteroatoms. The minimum atomic E-state index is -0.195. The molecule has 0 unspecified atom stereocenters. The molecule has 3 rings (SSSR count). The van der Waals surface area contributed by atoms with Crippen LogP contribution in [0.4, 0.5) is 0 Å². The van der Waals surface area contributed by atoms with Crippen LogP contribution in [0.3, 0.4) is 0 Å².